The van der Waals surface area contributed by atoms with Gasteiger partial charge in [0.2, 0.25) is 0 Å². The minimum absolute atomic E-state index is 0.254. The Balaban J connectivity index is 1.77. The third-order valence-electron chi connectivity index (χ3n) is 5.45. The number of allylic oxidation sites excluding steroid dienone is 1. The molecule has 32 heavy (non-hydrogen) atoms. The molecule has 6 heteroatoms. The van der Waals surface area contributed by atoms with Gasteiger partial charge in [-0.05, 0) is 39.7 Å². The summed E-state index contributed by atoms with van der Waals surface area (Å²) in [7, 11) is 0. The molecule has 1 N–H and O–H groups in total. The molecule has 0 fully saturated rings. The van der Waals surface area contributed by atoms with Crippen LogP contribution in [0.25, 0.3) is 34.7 Å². The number of nitrogens with one attached hydrogen (secondary N) is 1. The van der Waals surface area contributed by atoms with Crippen molar-refractivity contribution >= 4 is 40.5 Å². The number of aryl methyl sites for hydroxylation is 1. The van der Waals surface area contributed by atoms with E-state index in [-0.39, 0.29) is 6.04 Å². The summed E-state index contributed by atoms with van der Waals surface area (Å²) in [6.07, 6.45) is 8.72. The highest BCUT2D eigenvalue weighted by molar-refractivity contribution is 7.08. The highest BCUT2D eigenvalue weighted by atomic mass is 32.1. The number of benzene rings is 1. The Morgan fingerprint density at radius 1 is 1.19 bits per heavy atom. The van der Waals surface area contributed by atoms with Gasteiger partial charge in [-0.25, -0.2) is 15.0 Å². The van der Waals surface area contributed by atoms with Gasteiger partial charge in [0.15, 0.2) is 17.3 Å². The summed E-state index contributed by atoms with van der Waals surface area (Å²) in [6, 6.07) is 8.91. The van der Waals surface area contributed by atoms with Crippen molar-refractivity contribution in [2.75, 3.05) is 11.9 Å². The van der Waals surface area contributed by atoms with E-state index in [1.165, 1.54) is 15.7 Å². The third kappa shape index (κ3) is 4.36. The summed E-state index contributed by atoms with van der Waals surface area (Å²) in [5.41, 5.74) is 5.24. The number of nitrogens with zero attached hydrogens (tertiary/aromatic N) is 4. The van der Waals surface area contributed by atoms with Gasteiger partial charge in [-0.1, -0.05) is 54.6 Å². The number of hydrogen-bond acceptors (Lipinski definition) is 5. The van der Waals surface area contributed by atoms with E-state index in [2.05, 4.69) is 77.9 Å². The van der Waals surface area contributed by atoms with Crippen molar-refractivity contribution in [1.29, 1.82) is 0 Å². The lowest BCUT2D eigenvalue weighted by molar-refractivity contribution is 0.613. The monoisotopic (exact) mass is 443 g/mol. The molecule has 0 saturated heterocycles. The van der Waals surface area contributed by atoms with Crippen molar-refractivity contribution in [3.05, 3.63) is 69.5 Å². The molecule has 0 aliphatic rings. The summed E-state index contributed by atoms with van der Waals surface area (Å²) in [5, 5.41) is 6.75. The number of rotatable bonds is 7. The van der Waals surface area contributed by atoms with E-state index in [0.29, 0.717) is 5.82 Å². The van der Waals surface area contributed by atoms with Gasteiger partial charge in [0, 0.05) is 33.3 Å². The van der Waals surface area contributed by atoms with Crippen molar-refractivity contribution in [2.45, 2.75) is 40.2 Å². The van der Waals surface area contributed by atoms with Crippen LogP contribution < -0.4 is 15.1 Å². The molecule has 5 nitrogen and oxygen atoms in total. The summed E-state index contributed by atoms with van der Waals surface area (Å²) in [6.45, 7) is 13.1. The van der Waals surface area contributed by atoms with E-state index >= 15 is 0 Å². The molecule has 164 valence electrons. The maximum absolute atomic E-state index is 4.94. The van der Waals surface area contributed by atoms with Crippen molar-refractivity contribution in [3.8, 4) is 11.4 Å². The molecule has 4 aromatic rings. The normalized spacial score (nSPS) is 12.8. The van der Waals surface area contributed by atoms with Crippen LogP contribution in [0.5, 0.6) is 0 Å². The van der Waals surface area contributed by atoms with E-state index < -0.39 is 0 Å². The highest BCUT2D eigenvalue weighted by Crippen LogP contribution is 2.25. The molecule has 0 aliphatic carbocycles. The summed E-state index contributed by atoms with van der Waals surface area (Å²) in [4.78, 5) is 14.5. The second-order valence-electron chi connectivity index (χ2n) is 8.09. The first-order valence-electron chi connectivity index (χ1n) is 10.9. The predicted molar refractivity (Wildman–Crippen MR) is 136 cm³/mol. The number of aromatic nitrogens is 4. The fourth-order valence-electron chi connectivity index (χ4n) is 3.69. The topological polar surface area (TPSA) is 55.6 Å². The number of fused-ring (bicyclic) bond motifs is 1. The smallest absolute Gasteiger partial charge is 0.166 e. The molecule has 0 saturated carbocycles. The largest absolute Gasteiger partial charge is 0.368 e. The molecule has 1 aromatic carbocycles. The molecule has 0 atom stereocenters. The Morgan fingerprint density at radius 3 is 2.66 bits per heavy atom. The third-order valence-corrected chi connectivity index (χ3v) is 6.51. The summed E-state index contributed by atoms with van der Waals surface area (Å²) >= 11 is 1.69. The minimum atomic E-state index is 0.254. The number of thiophene rings is 1. The molecule has 0 radical (unpaired) electrons. The molecule has 0 unspecified atom stereocenters. The molecule has 4 rings (SSSR count). The number of anilines is 1. The van der Waals surface area contributed by atoms with Crippen molar-refractivity contribution < 1.29 is 0 Å². The van der Waals surface area contributed by atoms with E-state index in [9.17, 15) is 0 Å². The van der Waals surface area contributed by atoms with Crippen LogP contribution in [0.2, 0.25) is 0 Å². The van der Waals surface area contributed by atoms with Crippen LogP contribution in [0.3, 0.4) is 0 Å². The van der Waals surface area contributed by atoms with Crippen molar-refractivity contribution in [3.63, 3.8) is 0 Å². The van der Waals surface area contributed by atoms with Gasteiger partial charge in [-0.3, -0.25) is 0 Å². The molecule has 0 amide bonds. The SMILES string of the molecule is C=C/C=c1/c(-c2nc(NCCc3ccc(C)cc3)c3ncn(C(C)C)c3n2)cs/c1=C/C. The van der Waals surface area contributed by atoms with Gasteiger partial charge < -0.3 is 9.88 Å². The Hall–Kier alpha value is -3.25. The van der Waals surface area contributed by atoms with Crippen LogP contribution in [-0.4, -0.2) is 26.1 Å². The first kappa shape index (κ1) is 22.0. The van der Waals surface area contributed by atoms with Gasteiger partial charge in [0.1, 0.15) is 5.52 Å². The lowest BCUT2D eigenvalue weighted by Gasteiger charge is -2.11. The van der Waals surface area contributed by atoms with Crippen LogP contribution >= 0.6 is 11.3 Å². The molecule has 0 bridgehead atoms. The Morgan fingerprint density at radius 2 is 1.97 bits per heavy atom. The van der Waals surface area contributed by atoms with Crippen LogP contribution in [-0.2, 0) is 6.42 Å². The Kier molecular flexibility index (Phi) is 6.51. The Bertz CT molecular complexity index is 1360. The molecule has 0 aliphatic heterocycles. The van der Waals surface area contributed by atoms with Gasteiger partial charge >= 0.3 is 0 Å². The van der Waals surface area contributed by atoms with Crippen LogP contribution in [0.4, 0.5) is 5.82 Å². The van der Waals surface area contributed by atoms with Gasteiger partial charge in [-0.15, -0.1) is 11.3 Å². The number of hydrogen-bond donors (Lipinski definition) is 1. The average Bonchev–Trinajstić information content (AvgIpc) is 3.39. The summed E-state index contributed by atoms with van der Waals surface area (Å²) in [5.74, 6) is 1.48. The lowest BCUT2D eigenvalue weighted by atomic mass is 10.1. The maximum Gasteiger partial charge on any atom is 0.166 e. The molecule has 3 heterocycles. The molecule has 3 aromatic heterocycles. The minimum Gasteiger partial charge on any atom is -0.368 e. The zero-order valence-corrected chi connectivity index (χ0v) is 19.9. The van der Waals surface area contributed by atoms with E-state index in [4.69, 9.17) is 9.97 Å². The van der Waals surface area contributed by atoms with Crippen molar-refractivity contribution in [1.82, 2.24) is 19.5 Å². The predicted octanol–water partition coefficient (Wildman–Crippen LogP) is 4.87. The van der Waals surface area contributed by atoms with Gasteiger partial charge in [-0.2, -0.15) is 0 Å². The maximum atomic E-state index is 4.94. The van der Waals surface area contributed by atoms with Crippen molar-refractivity contribution in [2.24, 2.45) is 0 Å². The van der Waals surface area contributed by atoms with E-state index in [1.807, 2.05) is 25.4 Å². The highest BCUT2D eigenvalue weighted by Gasteiger charge is 2.17. The van der Waals surface area contributed by atoms with E-state index in [1.54, 1.807) is 11.3 Å². The first-order chi connectivity index (χ1) is 15.5. The van der Waals surface area contributed by atoms with Crippen LogP contribution in [0.15, 0.2) is 48.6 Å². The fraction of sp³-hybridized carbons (Fsp3) is 0.269. The molecular formula is C26H29N5S. The zero-order chi connectivity index (χ0) is 22.7. The molecular weight excluding hydrogens is 414 g/mol. The molecule has 0 spiro atoms. The standard InChI is InChI=1S/C26H29N5S/c1-6-8-20-21(15-32-22(20)7-2)24-29-25(23-26(30-24)31(16-28-23)17(3)4)27-14-13-19-11-9-18(5)10-12-19/h6-12,15-17H,1,13-14H2,2-5H3,(H,27,29,30)/b20-8-,22-7+. The van der Waals surface area contributed by atoms with Crippen LogP contribution in [0, 0.1) is 6.92 Å². The number of imidazole rings is 1. The first-order valence-corrected chi connectivity index (χ1v) is 11.8. The van der Waals surface area contributed by atoms with Gasteiger partial charge in [0.25, 0.3) is 0 Å². The fourth-order valence-corrected chi connectivity index (χ4v) is 4.60. The van der Waals surface area contributed by atoms with Crippen LogP contribution in [0.1, 0.15) is 37.9 Å². The second-order valence-corrected chi connectivity index (χ2v) is 9.01. The quantitative estimate of drug-likeness (QED) is 0.443. The van der Waals surface area contributed by atoms with E-state index in [0.717, 1.165) is 40.7 Å². The van der Waals surface area contributed by atoms with Gasteiger partial charge in [0.05, 0.1) is 6.33 Å². The average molecular weight is 444 g/mol. The zero-order valence-electron chi connectivity index (χ0n) is 19.1. The lowest BCUT2D eigenvalue weighted by Crippen LogP contribution is -2.20. The Labute approximate surface area is 192 Å². The second kappa shape index (κ2) is 9.49. The summed E-state index contributed by atoms with van der Waals surface area (Å²) < 4.78 is 3.29.